The zero-order valence-electron chi connectivity index (χ0n) is 21.3. The molecule has 3 heterocycles. The third-order valence-corrected chi connectivity index (χ3v) is 7.41. The van der Waals surface area contributed by atoms with Gasteiger partial charge in [-0.15, -0.1) is 0 Å². The molecule has 0 unspecified atom stereocenters. The van der Waals surface area contributed by atoms with Crippen LogP contribution in [0.15, 0.2) is 45.6 Å². The number of allylic oxidation sites excluding steroid dienone is 1. The van der Waals surface area contributed by atoms with Gasteiger partial charge in [-0.2, -0.15) is 0 Å². The maximum absolute atomic E-state index is 13.2. The molecular weight excluding hydrogens is 480 g/mol. The molecule has 3 aliphatic rings. The van der Waals surface area contributed by atoms with E-state index in [4.69, 9.17) is 19.2 Å². The number of carbonyl (C=O) groups is 2. The molecular formula is C26H34N4O5S. The van der Waals surface area contributed by atoms with Crippen LogP contribution in [0, 0.1) is 0 Å². The highest BCUT2D eigenvalue weighted by molar-refractivity contribution is 8.16. The summed E-state index contributed by atoms with van der Waals surface area (Å²) in [5, 5.41) is 5.68. The molecule has 194 valence electrons. The number of amides is 1. The minimum absolute atomic E-state index is 0.0670. The van der Waals surface area contributed by atoms with Gasteiger partial charge < -0.3 is 29.3 Å². The van der Waals surface area contributed by atoms with Gasteiger partial charge in [0.15, 0.2) is 5.17 Å². The largest absolute Gasteiger partial charge is 0.497 e. The number of nitrogens with zero attached hydrogens (tertiary/aromatic N) is 3. The second kappa shape index (κ2) is 11.8. The Labute approximate surface area is 216 Å². The van der Waals surface area contributed by atoms with Crippen molar-refractivity contribution in [2.24, 2.45) is 4.99 Å². The molecule has 3 aliphatic heterocycles. The van der Waals surface area contributed by atoms with Crippen molar-refractivity contribution in [2.45, 2.75) is 39.2 Å². The first kappa shape index (κ1) is 26.1. The molecule has 0 radical (unpaired) electrons. The predicted octanol–water partition coefficient (Wildman–Crippen LogP) is 3.44. The number of ether oxygens (including phenoxy) is 3. The summed E-state index contributed by atoms with van der Waals surface area (Å²) >= 11 is 1.44. The molecule has 4 rings (SSSR count). The number of fused-ring (bicyclic) bond motifs is 1. The SMILES string of the molecule is CCOC(=O)C1=C(C)N=C2SC=C(CC(=O)NCCN3CCCC3)N2[C@@H]1c1cc(OC)ccc1OC. The van der Waals surface area contributed by atoms with E-state index in [1.165, 1.54) is 24.6 Å². The standard InChI is InChI=1S/C26H34N4O5S/c1-5-35-25(32)23-17(2)28-26-30(24(23)20-15-19(33-3)8-9-21(20)34-4)18(16-36-26)14-22(31)27-10-13-29-11-6-7-12-29/h8-9,15-16,24H,5-7,10-14H2,1-4H3,(H,27,31)/t24-/m1/s1. The van der Waals surface area contributed by atoms with Gasteiger partial charge in [0.25, 0.3) is 0 Å². The Kier molecular flexibility index (Phi) is 8.58. The number of hydrogen-bond acceptors (Lipinski definition) is 9. The molecule has 1 N–H and O–H groups in total. The number of hydrogen-bond donors (Lipinski definition) is 1. The fourth-order valence-electron chi connectivity index (χ4n) is 4.77. The van der Waals surface area contributed by atoms with E-state index < -0.39 is 12.0 Å². The van der Waals surface area contributed by atoms with Gasteiger partial charge in [-0.3, -0.25) is 4.79 Å². The molecule has 1 amide bonds. The molecule has 1 fully saturated rings. The lowest BCUT2D eigenvalue weighted by Crippen LogP contribution is -2.39. The molecule has 36 heavy (non-hydrogen) atoms. The van der Waals surface area contributed by atoms with Crippen LogP contribution in [0.1, 0.15) is 44.7 Å². The summed E-state index contributed by atoms with van der Waals surface area (Å²) in [6.07, 6.45) is 2.62. The van der Waals surface area contributed by atoms with Gasteiger partial charge in [0.2, 0.25) is 5.91 Å². The van der Waals surface area contributed by atoms with Gasteiger partial charge >= 0.3 is 5.97 Å². The van der Waals surface area contributed by atoms with E-state index in [2.05, 4.69) is 10.2 Å². The summed E-state index contributed by atoms with van der Waals surface area (Å²) < 4.78 is 16.6. The van der Waals surface area contributed by atoms with Gasteiger partial charge in [-0.25, -0.2) is 9.79 Å². The van der Waals surface area contributed by atoms with E-state index in [0.717, 1.165) is 30.9 Å². The molecule has 0 aliphatic carbocycles. The second-order valence-electron chi connectivity index (χ2n) is 8.80. The van der Waals surface area contributed by atoms with Gasteiger partial charge in [0.1, 0.15) is 11.5 Å². The van der Waals surface area contributed by atoms with Crippen molar-refractivity contribution in [3.8, 4) is 11.5 Å². The summed E-state index contributed by atoms with van der Waals surface area (Å²) in [4.78, 5) is 35.1. The zero-order chi connectivity index (χ0) is 25.7. The average Bonchev–Trinajstić information content (AvgIpc) is 3.53. The molecule has 1 aromatic carbocycles. The lowest BCUT2D eigenvalue weighted by atomic mass is 9.93. The van der Waals surface area contributed by atoms with Gasteiger partial charge in [-0.1, -0.05) is 11.8 Å². The van der Waals surface area contributed by atoms with Crippen molar-refractivity contribution < 1.29 is 23.8 Å². The van der Waals surface area contributed by atoms with Gasteiger partial charge in [-0.05, 0) is 63.4 Å². The number of benzene rings is 1. The molecule has 1 atom stereocenters. The minimum atomic E-state index is -0.583. The first-order valence-electron chi connectivity index (χ1n) is 12.3. The first-order valence-corrected chi connectivity index (χ1v) is 13.2. The number of aliphatic imine (C=N–C) groups is 1. The third-order valence-electron chi connectivity index (χ3n) is 6.52. The van der Waals surface area contributed by atoms with Crippen molar-refractivity contribution >= 4 is 28.8 Å². The second-order valence-corrected chi connectivity index (χ2v) is 9.63. The molecule has 1 aromatic rings. The Morgan fingerprint density at radius 1 is 1.19 bits per heavy atom. The number of methoxy groups -OCH3 is 2. The average molecular weight is 515 g/mol. The molecule has 10 heteroatoms. The van der Waals surface area contributed by atoms with Crippen molar-refractivity contribution in [3.63, 3.8) is 0 Å². The molecule has 0 bridgehead atoms. The van der Waals surface area contributed by atoms with E-state index in [1.54, 1.807) is 28.1 Å². The Morgan fingerprint density at radius 2 is 1.97 bits per heavy atom. The number of carbonyl (C=O) groups excluding carboxylic acids is 2. The lowest BCUT2D eigenvalue weighted by molar-refractivity contribution is -0.139. The predicted molar refractivity (Wildman–Crippen MR) is 140 cm³/mol. The zero-order valence-corrected chi connectivity index (χ0v) is 22.2. The van der Waals surface area contributed by atoms with E-state index in [1.807, 2.05) is 28.5 Å². The number of rotatable bonds is 10. The normalized spacial score (nSPS) is 19.6. The third kappa shape index (κ3) is 5.54. The van der Waals surface area contributed by atoms with Crippen LogP contribution in [0.25, 0.3) is 0 Å². The van der Waals surface area contributed by atoms with E-state index in [9.17, 15) is 9.59 Å². The van der Waals surface area contributed by atoms with Gasteiger partial charge in [0.05, 0.1) is 44.6 Å². The summed E-state index contributed by atoms with van der Waals surface area (Å²) in [5.74, 6) is 0.720. The van der Waals surface area contributed by atoms with Crippen LogP contribution in [0.4, 0.5) is 0 Å². The van der Waals surface area contributed by atoms with E-state index >= 15 is 0 Å². The Bertz CT molecular complexity index is 1090. The Hall–Kier alpha value is -2.98. The number of amidine groups is 1. The fraction of sp³-hybridized carbons (Fsp3) is 0.500. The maximum atomic E-state index is 13.2. The molecule has 1 saturated heterocycles. The Balaban J connectivity index is 1.63. The number of esters is 1. The monoisotopic (exact) mass is 514 g/mol. The highest BCUT2D eigenvalue weighted by Gasteiger charge is 2.42. The van der Waals surface area contributed by atoms with E-state index in [-0.39, 0.29) is 18.9 Å². The molecule has 0 aromatic heterocycles. The molecule has 0 spiro atoms. The van der Waals surface area contributed by atoms with Crippen LogP contribution in [-0.4, -0.2) is 73.8 Å². The number of nitrogens with one attached hydrogen (secondary N) is 1. The quantitative estimate of drug-likeness (QED) is 0.475. The summed E-state index contributed by atoms with van der Waals surface area (Å²) in [7, 11) is 3.18. The summed E-state index contributed by atoms with van der Waals surface area (Å²) in [5.41, 5.74) is 2.48. The van der Waals surface area contributed by atoms with Crippen LogP contribution in [0.3, 0.4) is 0 Å². The first-order chi connectivity index (χ1) is 17.5. The smallest absolute Gasteiger partial charge is 0.338 e. The lowest BCUT2D eigenvalue weighted by Gasteiger charge is -2.36. The van der Waals surface area contributed by atoms with Crippen LogP contribution in [0.2, 0.25) is 0 Å². The fourth-order valence-corrected chi connectivity index (χ4v) is 5.74. The van der Waals surface area contributed by atoms with Crippen molar-refractivity contribution in [3.05, 3.63) is 46.1 Å². The molecule has 9 nitrogen and oxygen atoms in total. The maximum Gasteiger partial charge on any atom is 0.338 e. The van der Waals surface area contributed by atoms with E-state index in [0.29, 0.717) is 34.5 Å². The highest BCUT2D eigenvalue weighted by Crippen LogP contribution is 2.47. The highest BCUT2D eigenvalue weighted by atomic mass is 32.2. The summed E-state index contributed by atoms with van der Waals surface area (Å²) in [6, 6.07) is 4.90. The van der Waals surface area contributed by atoms with Gasteiger partial charge in [0, 0.05) is 24.4 Å². The summed E-state index contributed by atoms with van der Waals surface area (Å²) in [6.45, 7) is 7.48. The minimum Gasteiger partial charge on any atom is -0.497 e. The molecule has 0 saturated carbocycles. The van der Waals surface area contributed by atoms with Crippen molar-refractivity contribution in [2.75, 3.05) is 47.0 Å². The number of likely N-dealkylation sites (tertiary alicyclic amines) is 1. The Morgan fingerprint density at radius 3 is 2.67 bits per heavy atom. The van der Waals surface area contributed by atoms with Crippen LogP contribution >= 0.6 is 11.8 Å². The van der Waals surface area contributed by atoms with Crippen LogP contribution < -0.4 is 14.8 Å². The number of thioether (sulfide) groups is 1. The topological polar surface area (TPSA) is 92.7 Å². The van der Waals surface area contributed by atoms with Crippen molar-refractivity contribution in [1.29, 1.82) is 0 Å². The van der Waals surface area contributed by atoms with Crippen LogP contribution in [-0.2, 0) is 14.3 Å². The van der Waals surface area contributed by atoms with Crippen molar-refractivity contribution in [1.82, 2.24) is 15.1 Å². The van der Waals surface area contributed by atoms with Crippen LogP contribution in [0.5, 0.6) is 11.5 Å².